The van der Waals surface area contributed by atoms with E-state index in [1.54, 1.807) is 0 Å². The molecule has 0 aromatic heterocycles. The van der Waals surface area contributed by atoms with Gasteiger partial charge in [-0.15, -0.1) is 0 Å². The Morgan fingerprint density at radius 3 is 2.14 bits per heavy atom. The van der Waals surface area contributed by atoms with Crippen LogP contribution in [0.1, 0.15) is 62.1 Å². The summed E-state index contributed by atoms with van der Waals surface area (Å²) in [6, 6.07) is 0.894. The summed E-state index contributed by atoms with van der Waals surface area (Å²) in [5, 5.41) is 2.98. The fraction of sp³-hybridized carbons (Fsp3) is 0.667. The molecule has 202 valence electrons. The van der Waals surface area contributed by atoms with E-state index < -0.39 is 41.0 Å². The second-order valence-corrected chi connectivity index (χ2v) is 9.48. The molecule has 1 aromatic rings. The quantitative estimate of drug-likeness (QED) is 0.375. The van der Waals surface area contributed by atoms with Crippen molar-refractivity contribution in [1.29, 1.82) is 0 Å². The van der Waals surface area contributed by atoms with Gasteiger partial charge in [0.2, 0.25) is 0 Å². The molecule has 0 spiro atoms. The van der Waals surface area contributed by atoms with Crippen LogP contribution in [0.5, 0.6) is 0 Å². The zero-order valence-electron chi connectivity index (χ0n) is 20.1. The van der Waals surface area contributed by atoms with E-state index in [0.29, 0.717) is 37.8 Å². The predicted octanol–water partition coefficient (Wildman–Crippen LogP) is 5.54. The largest absolute Gasteiger partial charge is 0.468 e. The number of halogens is 6. The Kier molecular flexibility index (Phi) is 8.47. The number of benzene rings is 1. The summed E-state index contributed by atoms with van der Waals surface area (Å²) in [5.41, 5.74) is -3.76. The summed E-state index contributed by atoms with van der Waals surface area (Å²) < 4.78 is 89.1. The molecular weight excluding hydrogens is 494 g/mol. The molecule has 2 atom stereocenters. The second kappa shape index (κ2) is 10.9. The van der Waals surface area contributed by atoms with Gasteiger partial charge in [0, 0.05) is 25.2 Å². The Hall–Kier alpha value is -2.50. The van der Waals surface area contributed by atoms with E-state index in [-0.39, 0.29) is 43.4 Å². The van der Waals surface area contributed by atoms with Crippen LogP contribution in [0.25, 0.3) is 0 Å². The number of methoxy groups -OCH3 is 1. The number of nitrogens with one attached hydrogen (secondary N) is 1. The maximum Gasteiger partial charge on any atom is 0.416 e. The number of likely N-dealkylation sites (tertiary alicyclic amines) is 1. The van der Waals surface area contributed by atoms with Crippen LogP contribution < -0.4 is 5.32 Å². The molecule has 0 radical (unpaired) electrons. The van der Waals surface area contributed by atoms with E-state index in [2.05, 4.69) is 5.32 Å². The molecule has 1 N–H and O–H groups in total. The molecule has 1 saturated carbocycles. The summed E-state index contributed by atoms with van der Waals surface area (Å²) in [7, 11) is 1.29. The van der Waals surface area contributed by atoms with E-state index in [0.717, 1.165) is 12.8 Å². The van der Waals surface area contributed by atoms with E-state index in [1.807, 2.05) is 6.92 Å². The van der Waals surface area contributed by atoms with Crippen molar-refractivity contribution >= 4 is 12.1 Å². The van der Waals surface area contributed by atoms with Gasteiger partial charge in [-0.2, -0.15) is 26.3 Å². The number of alkyl halides is 6. The van der Waals surface area contributed by atoms with Gasteiger partial charge in [-0.3, -0.25) is 4.79 Å². The van der Waals surface area contributed by atoms with Crippen molar-refractivity contribution in [3.8, 4) is 0 Å². The van der Waals surface area contributed by atoms with Gasteiger partial charge >= 0.3 is 24.4 Å². The summed E-state index contributed by atoms with van der Waals surface area (Å²) in [6.07, 6.45) is -6.64. The van der Waals surface area contributed by atoms with Crippen molar-refractivity contribution in [2.24, 2.45) is 5.41 Å². The first-order valence-electron chi connectivity index (χ1n) is 11.8. The molecule has 0 bridgehead atoms. The lowest BCUT2D eigenvalue weighted by Gasteiger charge is -2.28. The number of nitrogens with zero attached hydrogens (tertiary/aromatic N) is 1. The number of esters is 1. The van der Waals surface area contributed by atoms with Gasteiger partial charge in [-0.1, -0.05) is 19.8 Å². The molecular formula is C24H30F6N2O4. The van der Waals surface area contributed by atoms with Crippen LogP contribution in [0.15, 0.2) is 18.2 Å². The molecule has 0 unspecified atom stereocenters. The minimum Gasteiger partial charge on any atom is -0.468 e. The van der Waals surface area contributed by atoms with E-state index in [1.165, 1.54) is 12.0 Å². The van der Waals surface area contributed by atoms with Gasteiger partial charge in [0.05, 0.1) is 18.2 Å². The lowest BCUT2D eigenvalue weighted by atomic mass is 9.87. The second-order valence-electron chi connectivity index (χ2n) is 9.48. The lowest BCUT2D eigenvalue weighted by Crippen LogP contribution is -2.41. The summed E-state index contributed by atoms with van der Waals surface area (Å²) in [5.74, 6) is -0.417. The molecule has 36 heavy (non-hydrogen) atoms. The predicted molar refractivity (Wildman–Crippen MR) is 117 cm³/mol. The first-order chi connectivity index (χ1) is 16.8. The SMILES string of the molecule is CC[C@@H]1C[C@H](NCc2cc(C(F)(F)F)cc(C(F)(F)F)c2)CN1C(=O)OCC1(C(=O)OC)CCCC1. The topological polar surface area (TPSA) is 67.9 Å². The number of rotatable bonds is 7. The monoisotopic (exact) mass is 524 g/mol. The van der Waals surface area contributed by atoms with Gasteiger partial charge in [0.15, 0.2) is 0 Å². The Labute approximate surface area is 205 Å². The Morgan fingerprint density at radius 1 is 1.06 bits per heavy atom. The van der Waals surface area contributed by atoms with Crippen molar-refractivity contribution in [3.63, 3.8) is 0 Å². The zero-order chi connectivity index (χ0) is 26.7. The highest BCUT2D eigenvalue weighted by atomic mass is 19.4. The van der Waals surface area contributed by atoms with Crippen molar-refractivity contribution in [2.45, 2.75) is 76.4 Å². The van der Waals surface area contributed by atoms with Gasteiger partial charge < -0.3 is 19.7 Å². The maximum absolute atomic E-state index is 13.1. The Balaban J connectivity index is 1.64. The third-order valence-corrected chi connectivity index (χ3v) is 7.01. The van der Waals surface area contributed by atoms with Gasteiger partial charge in [0.1, 0.15) is 12.0 Å². The van der Waals surface area contributed by atoms with E-state index >= 15 is 0 Å². The molecule has 2 fully saturated rings. The number of amides is 1. The third kappa shape index (κ3) is 6.43. The van der Waals surface area contributed by atoms with Crippen LogP contribution in [0.4, 0.5) is 31.1 Å². The standard InChI is InChI=1S/C24H30F6N2O4/c1-3-19-11-18(13-32(19)21(34)36-14-22(20(33)35-2)6-4-5-7-22)31-12-15-8-16(23(25,26)27)10-17(9-15)24(28,29)30/h8-10,18-19,31H,3-7,11-14H2,1-2H3/t18-,19+/m0/s1. The summed E-state index contributed by atoms with van der Waals surface area (Å²) >= 11 is 0. The minimum atomic E-state index is -4.92. The van der Waals surface area contributed by atoms with Crippen molar-refractivity contribution in [1.82, 2.24) is 10.2 Å². The van der Waals surface area contributed by atoms with Crippen LogP contribution >= 0.6 is 0 Å². The molecule has 1 aromatic carbocycles. The number of hydrogen-bond acceptors (Lipinski definition) is 5. The average molecular weight is 525 g/mol. The lowest BCUT2D eigenvalue weighted by molar-refractivity contribution is -0.155. The molecule has 1 amide bonds. The molecule has 1 saturated heterocycles. The minimum absolute atomic E-state index is 0.0926. The van der Waals surface area contributed by atoms with E-state index in [4.69, 9.17) is 9.47 Å². The average Bonchev–Trinajstić information content (AvgIpc) is 3.47. The highest BCUT2D eigenvalue weighted by Gasteiger charge is 2.45. The summed E-state index contributed by atoms with van der Waals surface area (Å²) in [4.78, 5) is 26.6. The highest BCUT2D eigenvalue weighted by molar-refractivity contribution is 5.78. The molecule has 1 aliphatic carbocycles. The van der Waals surface area contributed by atoms with Crippen molar-refractivity contribution < 1.29 is 45.4 Å². The van der Waals surface area contributed by atoms with Gasteiger partial charge in [0.25, 0.3) is 0 Å². The van der Waals surface area contributed by atoms with Crippen molar-refractivity contribution in [2.75, 3.05) is 20.3 Å². The van der Waals surface area contributed by atoms with Crippen LogP contribution in [-0.2, 0) is 33.2 Å². The number of hydrogen-bond donors (Lipinski definition) is 1. The zero-order valence-corrected chi connectivity index (χ0v) is 20.1. The highest BCUT2D eigenvalue weighted by Crippen LogP contribution is 2.40. The van der Waals surface area contributed by atoms with Crippen LogP contribution in [0.3, 0.4) is 0 Å². The number of ether oxygens (including phenoxy) is 2. The Morgan fingerprint density at radius 2 is 1.64 bits per heavy atom. The number of carbonyl (C=O) groups is 2. The molecule has 1 aliphatic heterocycles. The van der Waals surface area contributed by atoms with Crippen LogP contribution in [0, 0.1) is 5.41 Å². The fourth-order valence-electron chi connectivity index (χ4n) is 5.02. The van der Waals surface area contributed by atoms with Gasteiger partial charge in [-0.25, -0.2) is 4.79 Å². The summed E-state index contributed by atoms with van der Waals surface area (Å²) in [6.45, 7) is 1.70. The normalized spacial score (nSPS) is 22.1. The third-order valence-electron chi connectivity index (χ3n) is 7.01. The van der Waals surface area contributed by atoms with E-state index in [9.17, 15) is 35.9 Å². The number of carbonyl (C=O) groups excluding carboxylic acids is 2. The molecule has 2 aliphatic rings. The van der Waals surface area contributed by atoms with Crippen molar-refractivity contribution in [3.05, 3.63) is 34.9 Å². The first kappa shape index (κ1) is 28.1. The first-order valence-corrected chi connectivity index (χ1v) is 11.8. The maximum atomic E-state index is 13.1. The smallest absolute Gasteiger partial charge is 0.416 e. The molecule has 1 heterocycles. The van der Waals surface area contributed by atoms with Gasteiger partial charge in [-0.05, 0) is 49.4 Å². The molecule has 12 heteroatoms. The fourth-order valence-corrected chi connectivity index (χ4v) is 5.02. The molecule has 6 nitrogen and oxygen atoms in total. The Bertz CT molecular complexity index is 911. The van der Waals surface area contributed by atoms with Crippen LogP contribution in [-0.4, -0.2) is 49.3 Å². The van der Waals surface area contributed by atoms with Crippen LogP contribution in [0.2, 0.25) is 0 Å². The molecule has 3 rings (SSSR count).